The molecule has 5 heteroatoms. The number of nitrogens with zero attached hydrogens (tertiary/aromatic N) is 2. The number of benzene rings is 3. The molecule has 0 aliphatic carbocycles. The summed E-state index contributed by atoms with van der Waals surface area (Å²) in [4.78, 5) is 19.5. The predicted octanol–water partition coefficient (Wildman–Crippen LogP) is 4.45. The van der Waals surface area contributed by atoms with Gasteiger partial charge in [0.2, 0.25) is 0 Å². The van der Waals surface area contributed by atoms with Crippen LogP contribution in [0.4, 0.5) is 11.4 Å². The second-order valence-electron chi connectivity index (χ2n) is 7.16. The van der Waals surface area contributed by atoms with E-state index in [0.717, 1.165) is 23.8 Å². The summed E-state index contributed by atoms with van der Waals surface area (Å²) >= 11 is 0. The molecule has 3 aromatic rings. The Balaban J connectivity index is 1.53. The summed E-state index contributed by atoms with van der Waals surface area (Å²) < 4.78 is 0. The van der Waals surface area contributed by atoms with Gasteiger partial charge < -0.3 is 4.90 Å². The van der Waals surface area contributed by atoms with Gasteiger partial charge in [0, 0.05) is 24.6 Å². The highest BCUT2D eigenvalue weighted by Gasteiger charge is 2.23. The normalized spacial score (nSPS) is 15.7. The first-order valence-electron chi connectivity index (χ1n) is 9.79. The number of hydrazine groups is 1. The van der Waals surface area contributed by atoms with Crippen LogP contribution >= 0.6 is 0 Å². The second kappa shape index (κ2) is 8.61. The number of para-hydroxylation sites is 2. The van der Waals surface area contributed by atoms with Crippen LogP contribution in [-0.4, -0.2) is 17.8 Å². The third kappa shape index (κ3) is 4.46. The minimum Gasteiger partial charge on any atom is -0.362 e. The van der Waals surface area contributed by atoms with Crippen molar-refractivity contribution in [2.24, 2.45) is 4.99 Å². The molecule has 4 rings (SSSR count). The largest absolute Gasteiger partial charge is 0.362 e. The number of nitrogens with one attached hydrogen (secondary N) is 2. The number of carbonyl (C=O) groups is 1. The highest BCUT2D eigenvalue weighted by atomic mass is 16.2. The minimum atomic E-state index is -0.181. The second-order valence-corrected chi connectivity index (χ2v) is 7.16. The standard InChI is InChI=1S/C24H24N4O/c1-18-16-23(26-27-24(29)20-12-6-3-7-13-20)25-21-14-8-9-15-22(21)28(18)17-19-10-4-2-5-11-19/h2-15,18H,16-17H2,1H3,(H,25,26)(H,27,29). The maximum atomic E-state index is 12.4. The van der Waals surface area contributed by atoms with Crippen LogP contribution < -0.4 is 15.8 Å². The van der Waals surface area contributed by atoms with E-state index in [1.807, 2.05) is 42.5 Å². The molecule has 1 aliphatic rings. The molecule has 3 aromatic carbocycles. The fourth-order valence-corrected chi connectivity index (χ4v) is 3.51. The van der Waals surface area contributed by atoms with Crippen LogP contribution in [0.3, 0.4) is 0 Å². The highest BCUT2D eigenvalue weighted by Crippen LogP contribution is 2.34. The van der Waals surface area contributed by atoms with E-state index in [1.165, 1.54) is 5.56 Å². The lowest BCUT2D eigenvalue weighted by Crippen LogP contribution is -2.44. The number of aliphatic imine (C=N–C) groups is 1. The lowest BCUT2D eigenvalue weighted by Gasteiger charge is -2.30. The minimum absolute atomic E-state index is 0.181. The quantitative estimate of drug-likeness (QED) is 0.656. The van der Waals surface area contributed by atoms with Crippen LogP contribution in [0.25, 0.3) is 0 Å². The van der Waals surface area contributed by atoms with Crippen LogP contribution in [0, 0.1) is 0 Å². The number of fused-ring (bicyclic) bond motifs is 1. The molecular formula is C24H24N4O. The molecule has 0 fully saturated rings. The molecule has 29 heavy (non-hydrogen) atoms. The third-order valence-electron chi connectivity index (χ3n) is 5.02. The van der Waals surface area contributed by atoms with Gasteiger partial charge in [-0.2, -0.15) is 0 Å². The number of rotatable bonds is 3. The summed E-state index contributed by atoms with van der Waals surface area (Å²) in [6.45, 7) is 2.99. The first-order chi connectivity index (χ1) is 14.2. The van der Waals surface area contributed by atoms with E-state index in [1.54, 1.807) is 12.1 Å². The van der Waals surface area contributed by atoms with Gasteiger partial charge in [0.25, 0.3) is 5.91 Å². The fourth-order valence-electron chi connectivity index (χ4n) is 3.51. The van der Waals surface area contributed by atoms with Crippen molar-refractivity contribution in [3.05, 3.63) is 96.1 Å². The monoisotopic (exact) mass is 384 g/mol. The maximum Gasteiger partial charge on any atom is 0.269 e. The number of hydrogen-bond donors (Lipinski definition) is 2. The van der Waals surface area contributed by atoms with Crippen molar-refractivity contribution in [1.29, 1.82) is 0 Å². The summed E-state index contributed by atoms with van der Waals surface area (Å²) in [7, 11) is 0. The predicted molar refractivity (Wildman–Crippen MR) is 117 cm³/mol. The lowest BCUT2D eigenvalue weighted by atomic mass is 10.1. The van der Waals surface area contributed by atoms with Gasteiger partial charge in [0.15, 0.2) is 0 Å². The molecule has 2 N–H and O–H groups in total. The van der Waals surface area contributed by atoms with Crippen molar-refractivity contribution in [3.63, 3.8) is 0 Å². The van der Waals surface area contributed by atoms with Gasteiger partial charge in [-0.3, -0.25) is 15.6 Å². The van der Waals surface area contributed by atoms with Gasteiger partial charge in [-0.15, -0.1) is 0 Å². The molecule has 146 valence electrons. The third-order valence-corrected chi connectivity index (χ3v) is 5.02. The number of amidine groups is 1. The first kappa shape index (κ1) is 18.7. The summed E-state index contributed by atoms with van der Waals surface area (Å²) in [5.41, 5.74) is 9.66. The number of hydrogen-bond acceptors (Lipinski definition) is 4. The average molecular weight is 384 g/mol. The van der Waals surface area contributed by atoms with Crippen LogP contribution in [0.1, 0.15) is 29.3 Å². The molecule has 0 bridgehead atoms. The summed E-state index contributed by atoms with van der Waals surface area (Å²) in [5, 5.41) is 0. The summed E-state index contributed by atoms with van der Waals surface area (Å²) in [5.74, 6) is 0.560. The Morgan fingerprint density at radius 1 is 0.966 bits per heavy atom. The molecule has 1 unspecified atom stereocenters. The van der Waals surface area contributed by atoms with Crippen molar-refractivity contribution in [2.75, 3.05) is 4.90 Å². The van der Waals surface area contributed by atoms with Crippen molar-refractivity contribution in [1.82, 2.24) is 10.9 Å². The van der Waals surface area contributed by atoms with E-state index in [2.05, 4.69) is 53.0 Å². The molecule has 0 saturated heterocycles. The Hall–Kier alpha value is -3.60. The van der Waals surface area contributed by atoms with E-state index in [-0.39, 0.29) is 11.9 Å². The molecule has 1 atom stereocenters. The lowest BCUT2D eigenvalue weighted by molar-refractivity contribution is 0.0943. The van der Waals surface area contributed by atoms with Crippen molar-refractivity contribution in [2.45, 2.75) is 25.9 Å². The first-order valence-corrected chi connectivity index (χ1v) is 9.79. The summed E-state index contributed by atoms with van der Waals surface area (Å²) in [6.07, 6.45) is 0.691. The zero-order valence-electron chi connectivity index (χ0n) is 16.4. The van der Waals surface area contributed by atoms with E-state index in [9.17, 15) is 4.79 Å². The van der Waals surface area contributed by atoms with E-state index < -0.39 is 0 Å². The van der Waals surface area contributed by atoms with Crippen LogP contribution in [0.2, 0.25) is 0 Å². The zero-order chi connectivity index (χ0) is 20.1. The van der Waals surface area contributed by atoms with E-state index in [4.69, 9.17) is 4.99 Å². The molecule has 1 amide bonds. The van der Waals surface area contributed by atoms with Crippen LogP contribution in [-0.2, 0) is 6.54 Å². The molecule has 0 aromatic heterocycles. The van der Waals surface area contributed by atoms with Gasteiger partial charge in [-0.25, -0.2) is 4.99 Å². The number of amides is 1. The molecule has 5 nitrogen and oxygen atoms in total. The van der Waals surface area contributed by atoms with Gasteiger partial charge in [0.05, 0.1) is 11.4 Å². The van der Waals surface area contributed by atoms with Crippen LogP contribution in [0.15, 0.2) is 89.9 Å². The highest BCUT2D eigenvalue weighted by molar-refractivity contribution is 5.97. The van der Waals surface area contributed by atoms with Crippen molar-refractivity contribution >= 4 is 23.1 Å². The van der Waals surface area contributed by atoms with Crippen LogP contribution in [0.5, 0.6) is 0 Å². The molecule has 0 saturated carbocycles. The molecular weight excluding hydrogens is 360 g/mol. The Kier molecular flexibility index (Phi) is 5.56. The molecule has 1 aliphatic heterocycles. The van der Waals surface area contributed by atoms with Crippen molar-refractivity contribution in [3.8, 4) is 0 Å². The molecule has 0 radical (unpaired) electrons. The van der Waals surface area contributed by atoms with Gasteiger partial charge in [0.1, 0.15) is 5.84 Å². The smallest absolute Gasteiger partial charge is 0.269 e. The Morgan fingerprint density at radius 2 is 1.62 bits per heavy atom. The maximum absolute atomic E-state index is 12.4. The molecule has 0 spiro atoms. The SMILES string of the molecule is CC1CC(NNC(=O)c2ccccc2)=Nc2ccccc2N1Cc1ccccc1. The summed E-state index contributed by atoms with van der Waals surface area (Å²) in [6, 6.07) is 27.9. The number of carbonyl (C=O) groups excluding carboxylic acids is 1. The molecule has 1 heterocycles. The number of anilines is 1. The van der Waals surface area contributed by atoms with Crippen molar-refractivity contribution < 1.29 is 4.79 Å². The average Bonchev–Trinajstić information content (AvgIpc) is 2.90. The zero-order valence-corrected chi connectivity index (χ0v) is 16.4. The topological polar surface area (TPSA) is 56.7 Å². The Bertz CT molecular complexity index is 1000. The van der Waals surface area contributed by atoms with Gasteiger partial charge in [-0.1, -0.05) is 60.7 Å². The Labute approximate surface area is 171 Å². The van der Waals surface area contributed by atoms with E-state index in [0.29, 0.717) is 12.0 Å². The van der Waals surface area contributed by atoms with Gasteiger partial charge in [-0.05, 0) is 36.8 Å². The van der Waals surface area contributed by atoms with Gasteiger partial charge >= 0.3 is 0 Å². The Morgan fingerprint density at radius 3 is 2.38 bits per heavy atom. The fraction of sp³-hybridized carbons (Fsp3) is 0.167. The van der Waals surface area contributed by atoms with E-state index >= 15 is 0 Å².